The number of methoxy groups -OCH3 is 1. The molecule has 0 saturated heterocycles. The fourth-order valence-electron chi connectivity index (χ4n) is 1.49. The normalized spacial score (nSPS) is 12.2. The number of hydrogen-bond donors (Lipinski definition) is 1. The van der Waals surface area contributed by atoms with E-state index in [1.54, 1.807) is 7.11 Å². The van der Waals surface area contributed by atoms with Gasteiger partial charge in [0.15, 0.2) is 0 Å². The Labute approximate surface area is 106 Å². The van der Waals surface area contributed by atoms with E-state index in [-0.39, 0.29) is 6.04 Å². The maximum atomic E-state index is 6.11. The van der Waals surface area contributed by atoms with E-state index in [0.29, 0.717) is 0 Å². The van der Waals surface area contributed by atoms with Crippen LogP contribution in [0, 0.1) is 0 Å². The van der Waals surface area contributed by atoms with Crippen molar-refractivity contribution in [2.75, 3.05) is 7.11 Å². The third-order valence-electron chi connectivity index (χ3n) is 2.61. The lowest BCUT2D eigenvalue weighted by Crippen LogP contribution is -2.10. The highest BCUT2D eigenvalue weighted by Gasteiger charge is 2.09. The maximum absolute atomic E-state index is 6.11. The lowest BCUT2D eigenvalue weighted by Gasteiger charge is -2.14. The Morgan fingerprint density at radius 1 is 1.56 bits per heavy atom. The van der Waals surface area contributed by atoms with Crippen LogP contribution in [-0.4, -0.2) is 7.11 Å². The summed E-state index contributed by atoms with van der Waals surface area (Å²) in [6.45, 7) is 6.07. The zero-order valence-corrected chi connectivity index (χ0v) is 11.4. The first kappa shape index (κ1) is 13.3. The molecule has 3 heteroatoms. The minimum absolute atomic E-state index is 0.00894. The van der Waals surface area contributed by atoms with Crippen LogP contribution in [0.25, 0.3) is 0 Å². The van der Waals surface area contributed by atoms with Crippen LogP contribution in [0.1, 0.15) is 31.4 Å². The Hall–Kier alpha value is -0.800. The first-order valence-electron chi connectivity index (χ1n) is 5.34. The number of halogens is 1. The van der Waals surface area contributed by atoms with E-state index >= 15 is 0 Å². The lowest BCUT2D eigenvalue weighted by molar-refractivity contribution is 0.412. The molecule has 2 nitrogen and oxygen atoms in total. The molecule has 0 spiro atoms. The van der Waals surface area contributed by atoms with Crippen molar-refractivity contribution in [1.82, 2.24) is 0 Å². The van der Waals surface area contributed by atoms with E-state index in [0.717, 1.165) is 28.6 Å². The van der Waals surface area contributed by atoms with Gasteiger partial charge in [0, 0.05) is 6.04 Å². The van der Waals surface area contributed by atoms with E-state index in [4.69, 9.17) is 10.5 Å². The van der Waals surface area contributed by atoms with Crippen LogP contribution in [0.5, 0.6) is 5.75 Å². The molecule has 1 unspecified atom stereocenters. The molecule has 0 aliphatic rings. The molecule has 0 aromatic heterocycles. The van der Waals surface area contributed by atoms with E-state index in [1.165, 1.54) is 5.57 Å². The standard InChI is InChI=1S/C13H18BrNO/c1-4-9(2)7-12(15)10-5-6-13(16-3)11(14)8-10/h5-6,8,12H,2,4,7,15H2,1,3H3. The molecule has 1 aromatic rings. The Morgan fingerprint density at radius 2 is 2.25 bits per heavy atom. The first-order chi connectivity index (χ1) is 7.58. The van der Waals surface area contributed by atoms with Gasteiger partial charge in [0.25, 0.3) is 0 Å². The van der Waals surface area contributed by atoms with Gasteiger partial charge in [-0.3, -0.25) is 0 Å². The third-order valence-corrected chi connectivity index (χ3v) is 3.23. The highest BCUT2D eigenvalue weighted by atomic mass is 79.9. The number of ether oxygens (including phenoxy) is 1. The topological polar surface area (TPSA) is 35.2 Å². The van der Waals surface area contributed by atoms with Crippen LogP contribution in [0.3, 0.4) is 0 Å². The number of nitrogens with two attached hydrogens (primary N) is 1. The molecular formula is C13H18BrNO. The zero-order valence-electron chi connectivity index (χ0n) is 9.79. The van der Waals surface area contributed by atoms with Crippen LogP contribution in [0.4, 0.5) is 0 Å². The first-order valence-corrected chi connectivity index (χ1v) is 6.13. The molecule has 0 aliphatic heterocycles. The van der Waals surface area contributed by atoms with Gasteiger partial charge in [-0.2, -0.15) is 0 Å². The van der Waals surface area contributed by atoms with Crippen LogP contribution < -0.4 is 10.5 Å². The molecule has 0 fully saturated rings. The van der Waals surface area contributed by atoms with Gasteiger partial charge in [-0.25, -0.2) is 0 Å². The Kier molecular flexibility index (Phi) is 5.03. The van der Waals surface area contributed by atoms with E-state index in [2.05, 4.69) is 29.4 Å². The largest absolute Gasteiger partial charge is 0.496 e. The monoisotopic (exact) mass is 283 g/mol. The molecule has 1 rings (SSSR count). The average molecular weight is 284 g/mol. The van der Waals surface area contributed by atoms with E-state index in [1.807, 2.05) is 18.2 Å². The second kappa shape index (κ2) is 6.06. The summed E-state index contributed by atoms with van der Waals surface area (Å²) in [4.78, 5) is 0. The molecule has 0 aliphatic carbocycles. The number of hydrogen-bond acceptors (Lipinski definition) is 2. The SMILES string of the molecule is C=C(CC)CC(N)c1ccc(OC)c(Br)c1. The summed E-state index contributed by atoms with van der Waals surface area (Å²) in [6, 6.07) is 5.94. The van der Waals surface area contributed by atoms with Crippen LogP contribution in [-0.2, 0) is 0 Å². The fraction of sp³-hybridized carbons (Fsp3) is 0.385. The van der Waals surface area contributed by atoms with Crippen molar-refractivity contribution in [1.29, 1.82) is 0 Å². The Morgan fingerprint density at radius 3 is 2.75 bits per heavy atom. The third kappa shape index (κ3) is 3.35. The molecule has 1 atom stereocenters. The van der Waals surface area contributed by atoms with E-state index in [9.17, 15) is 0 Å². The molecule has 0 radical (unpaired) electrons. The molecular weight excluding hydrogens is 266 g/mol. The minimum Gasteiger partial charge on any atom is -0.496 e. The highest BCUT2D eigenvalue weighted by Crippen LogP contribution is 2.29. The molecule has 1 aromatic carbocycles. The molecule has 16 heavy (non-hydrogen) atoms. The van der Waals surface area contributed by atoms with Crippen molar-refractivity contribution in [2.24, 2.45) is 5.73 Å². The molecule has 0 amide bonds. The van der Waals surface area contributed by atoms with E-state index < -0.39 is 0 Å². The van der Waals surface area contributed by atoms with Gasteiger partial charge in [-0.15, -0.1) is 0 Å². The van der Waals surface area contributed by atoms with Crippen molar-refractivity contribution in [2.45, 2.75) is 25.8 Å². The molecule has 0 heterocycles. The van der Waals surface area contributed by atoms with Gasteiger partial charge in [-0.05, 0) is 46.5 Å². The molecule has 0 saturated carbocycles. The van der Waals surface area contributed by atoms with Crippen molar-refractivity contribution >= 4 is 15.9 Å². The highest BCUT2D eigenvalue weighted by molar-refractivity contribution is 9.10. The number of rotatable bonds is 5. The summed E-state index contributed by atoms with van der Waals surface area (Å²) in [7, 11) is 1.65. The summed E-state index contributed by atoms with van der Waals surface area (Å²) in [5.41, 5.74) is 8.39. The summed E-state index contributed by atoms with van der Waals surface area (Å²) in [6.07, 6.45) is 1.81. The van der Waals surface area contributed by atoms with Crippen molar-refractivity contribution in [3.8, 4) is 5.75 Å². The second-order valence-electron chi connectivity index (χ2n) is 3.81. The summed E-state index contributed by atoms with van der Waals surface area (Å²) in [5, 5.41) is 0. The fourth-order valence-corrected chi connectivity index (χ4v) is 2.04. The quantitative estimate of drug-likeness (QED) is 0.834. The minimum atomic E-state index is 0.00894. The van der Waals surface area contributed by atoms with Crippen molar-refractivity contribution in [3.05, 3.63) is 40.4 Å². The summed E-state index contributed by atoms with van der Waals surface area (Å²) >= 11 is 3.46. The van der Waals surface area contributed by atoms with Gasteiger partial charge in [0.05, 0.1) is 11.6 Å². The molecule has 88 valence electrons. The number of benzene rings is 1. The maximum Gasteiger partial charge on any atom is 0.133 e. The van der Waals surface area contributed by atoms with Gasteiger partial charge in [0.2, 0.25) is 0 Å². The van der Waals surface area contributed by atoms with Gasteiger partial charge >= 0.3 is 0 Å². The van der Waals surface area contributed by atoms with Crippen LogP contribution in [0.2, 0.25) is 0 Å². The van der Waals surface area contributed by atoms with Crippen molar-refractivity contribution in [3.63, 3.8) is 0 Å². The second-order valence-corrected chi connectivity index (χ2v) is 4.66. The predicted octanol–water partition coefficient (Wildman–Crippen LogP) is 3.81. The average Bonchev–Trinajstić information content (AvgIpc) is 2.28. The molecule has 2 N–H and O–H groups in total. The van der Waals surface area contributed by atoms with Crippen LogP contribution >= 0.6 is 15.9 Å². The summed E-state index contributed by atoms with van der Waals surface area (Å²) in [5.74, 6) is 0.824. The Balaban J connectivity index is 2.80. The van der Waals surface area contributed by atoms with Crippen molar-refractivity contribution < 1.29 is 4.74 Å². The predicted molar refractivity (Wildman–Crippen MR) is 71.7 cm³/mol. The van der Waals surface area contributed by atoms with Gasteiger partial charge in [0.1, 0.15) is 5.75 Å². The van der Waals surface area contributed by atoms with Crippen LogP contribution in [0.15, 0.2) is 34.8 Å². The lowest BCUT2D eigenvalue weighted by atomic mass is 9.99. The zero-order chi connectivity index (χ0) is 12.1. The summed E-state index contributed by atoms with van der Waals surface area (Å²) < 4.78 is 6.11. The Bertz CT molecular complexity index is 376. The van der Waals surface area contributed by atoms with Gasteiger partial charge < -0.3 is 10.5 Å². The molecule has 0 bridgehead atoms. The smallest absolute Gasteiger partial charge is 0.133 e. The van der Waals surface area contributed by atoms with Gasteiger partial charge in [-0.1, -0.05) is 25.1 Å².